The number of nitrogens with one attached hydrogen (secondary N) is 1. The van der Waals surface area contributed by atoms with Gasteiger partial charge in [-0.05, 0) is 36.5 Å². The van der Waals surface area contributed by atoms with Crippen molar-refractivity contribution in [2.45, 2.75) is 51.5 Å². The first-order valence-corrected chi connectivity index (χ1v) is 11.1. The van der Waals surface area contributed by atoms with Gasteiger partial charge in [-0.2, -0.15) is 0 Å². The molecule has 1 aliphatic rings. The fourth-order valence-corrected chi connectivity index (χ4v) is 4.32. The predicted molar refractivity (Wildman–Crippen MR) is 121 cm³/mol. The Morgan fingerprint density at radius 2 is 2.00 bits per heavy atom. The SMILES string of the molecule is CCc1cc(CNC(=O)C2CCC(F)(F)CC2)ccc1N(C)c1cc2c(cn1)ncn2C. The van der Waals surface area contributed by atoms with Crippen LogP contribution in [0.4, 0.5) is 20.3 Å². The number of aryl methyl sites for hydroxylation is 2. The molecule has 1 aliphatic carbocycles. The van der Waals surface area contributed by atoms with E-state index in [1.165, 1.54) is 0 Å². The second-order valence-corrected chi connectivity index (χ2v) is 8.61. The van der Waals surface area contributed by atoms with Crippen molar-refractivity contribution in [3.63, 3.8) is 0 Å². The number of nitrogens with zero attached hydrogens (tertiary/aromatic N) is 4. The van der Waals surface area contributed by atoms with Crippen LogP contribution < -0.4 is 10.2 Å². The Bertz CT molecular complexity index is 1120. The molecule has 32 heavy (non-hydrogen) atoms. The van der Waals surface area contributed by atoms with E-state index in [9.17, 15) is 13.6 Å². The first-order valence-electron chi connectivity index (χ1n) is 11.1. The van der Waals surface area contributed by atoms with Crippen molar-refractivity contribution in [3.8, 4) is 0 Å². The standard InChI is InChI=1S/C24H29F2N5O/c1-4-17-11-16(13-28-23(32)18-7-9-24(25,26)10-8-18)5-6-20(17)31(3)22-12-21-19(14-27-22)29-15-30(21)2/h5-6,11-12,14-15,18H,4,7-10,13H2,1-3H3,(H,28,32). The Balaban J connectivity index is 1.45. The number of carbonyl (C=O) groups is 1. The number of aromatic nitrogens is 3. The van der Waals surface area contributed by atoms with Gasteiger partial charge < -0.3 is 14.8 Å². The molecule has 0 saturated heterocycles. The van der Waals surface area contributed by atoms with Crippen molar-refractivity contribution in [1.29, 1.82) is 0 Å². The molecule has 0 atom stereocenters. The van der Waals surface area contributed by atoms with Gasteiger partial charge in [-0.3, -0.25) is 4.79 Å². The third kappa shape index (κ3) is 4.59. The van der Waals surface area contributed by atoms with Gasteiger partial charge in [0, 0.05) is 51.2 Å². The van der Waals surface area contributed by atoms with E-state index < -0.39 is 5.92 Å². The minimum Gasteiger partial charge on any atom is -0.352 e. The zero-order valence-electron chi connectivity index (χ0n) is 18.7. The van der Waals surface area contributed by atoms with E-state index in [1.807, 2.05) is 36.9 Å². The molecule has 4 rings (SSSR count). The van der Waals surface area contributed by atoms with Gasteiger partial charge in [0.2, 0.25) is 11.8 Å². The molecule has 1 fully saturated rings. The number of fused-ring (bicyclic) bond motifs is 1. The minimum absolute atomic E-state index is 0.131. The molecule has 0 radical (unpaired) electrons. The maximum Gasteiger partial charge on any atom is 0.248 e. The smallest absolute Gasteiger partial charge is 0.248 e. The first kappa shape index (κ1) is 22.2. The van der Waals surface area contributed by atoms with Crippen molar-refractivity contribution in [3.05, 3.63) is 47.9 Å². The summed E-state index contributed by atoms with van der Waals surface area (Å²) in [6.07, 6.45) is 4.46. The van der Waals surface area contributed by atoms with Crippen LogP contribution in [-0.2, 0) is 24.8 Å². The highest BCUT2D eigenvalue weighted by molar-refractivity contribution is 5.80. The monoisotopic (exact) mass is 441 g/mol. The Morgan fingerprint density at radius 3 is 2.72 bits per heavy atom. The van der Waals surface area contributed by atoms with Gasteiger partial charge in [0.05, 0.1) is 18.0 Å². The maximum atomic E-state index is 13.3. The third-order valence-electron chi connectivity index (χ3n) is 6.38. The van der Waals surface area contributed by atoms with E-state index in [0.717, 1.165) is 40.1 Å². The minimum atomic E-state index is -2.62. The van der Waals surface area contributed by atoms with Gasteiger partial charge in [0.15, 0.2) is 0 Å². The van der Waals surface area contributed by atoms with E-state index in [0.29, 0.717) is 6.54 Å². The highest BCUT2D eigenvalue weighted by Gasteiger charge is 2.37. The molecule has 8 heteroatoms. The number of pyridine rings is 1. The maximum absolute atomic E-state index is 13.3. The van der Waals surface area contributed by atoms with Crippen LogP contribution in [0.5, 0.6) is 0 Å². The van der Waals surface area contributed by atoms with E-state index in [4.69, 9.17) is 0 Å². The fraction of sp³-hybridized carbons (Fsp3) is 0.458. The van der Waals surface area contributed by atoms with Gasteiger partial charge in [-0.25, -0.2) is 18.7 Å². The van der Waals surface area contributed by atoms with Crippen molar-refractivity contribution in [1.82, 2.24) is 19.9 Å². The summed E-state index contributed by atoms with van der Waals surface area (Å²) in [7, 11) is 3.94. The molecule has 6 nitrogen and oxygen atoms in total. The number of alkyl halides is 2. The third-order valence-corrected chi connectivity index (χ3v) is 6.38. The summed E-state index contributed by atoms with van der Waals surface area (Å²) in [5.74, 6) is -2.25. The second kappa shape index (κ2) is 8.84. The largest absolute Gasteiger partial charge is 0.352 e. The number of imidazole rings is 1. The van der Waals surface area contributed by atoms with Crippen LogP contribution in [0.15, 0.2) is 36.8 Å². The summed E-state index contributed by atoms with van der Waals surface area (Å²) < 4.78 is 28.6. The Kier molecular flexibility index (Phi) is 6.13. The van der Waals surface area contributed by atoms with Gasteiger partial charge in [0.25, 0.3) is 0 Å². The summed E-state index contributed by atoms with van der Waals surface area (Å²) >= 11 is 0. The summed E-state index contributed by atoms with van der Waals surface area (Å²) in [5.41, 5.74) is 5.05. The summed E-state index contributed by atoms with van der Waals surface area (Å²) in [6, 6.07) is 8.13. The summed E-state index contributed by atoms with van der Waals surface area (Å²) in [5, 5.41) is 2.93. The van der Waals surface area contributed by atoms with Crippen molar-refractivity contribution < 1.29 is 13.6 Å². The summed E-state index contributed by atoms with van der Waals surface area (Å²) in [6.45, 7) is 2.48. The molecule has 2 aromatic heterocycles. The number of benzene rings is 1. The molecule has 0 aliphatic heterocycles. The Hall–Kier alpha value is -3.03. The zero-order valence-corrected chi connectivity index (χ0v) is 18.7. The topological polar surface area (TPSA) is 63.1 Å². The lowest BCUT2D eigenvalue weighted by molar-refractivity contribution is -0.129. The zero-order chi connectivity index (χ0) is 22.9. The van der Waals surface area contributed by atoms with Gasteiger partial charge >= 0.3 is 0 Å². The lowest BCUT2D eigenvalue weighted by Gasteiger charge is -2.27. The highest BCUT2D eigenvalue weighted by atomic mass is 19.3. The number of carbonyl (C=O) groups excluding carboxylic acids is 1. The number of anilines is 2. The van der Waals surface area contributed by atoms with Crippen LogP contribution >= 0.6 is 0 Å². The lowest BCUT2D eigenvalue weighted by atomic mass is 9.86. The normalized spacial score (nSPS) is 16.3. The molecule has 0 spiro atoms. The molecule has 170 valence electrons. The van der Waals surface area contributed by atoms with E-state index >= 15 is 0 Å². The highest BCUT2D eigenvalue weighted by Crippen LogP contribution is 2.36. The molecule has 0 unspecified atom stereocenters. The number of hydrogen-bond acceptors (Lipinski definition) is 4. The second-order valence-electron chi connectivity index (χ2n) is 8.61. The van der Waals surface area contributed by atoms with Crippen molar-refractivity contribution in [2.24, 2.45) is 13.0 Å². The molecule has 1 saturated carbocycles. The van der Waals surface area contributed by atoms with Crippen molar-refractivity contribution in [2.75, 3.05) is 11.9 Å². The molecular formula is C24H29F2N5O. The fourth-order valence-electron chi connectivity index (χ4n) is 4.32. The van der Waals surface area contributed by atoms with Crippen LogP contribution in [0, 0.1) is 5.92 Å². The Morgan fingerprint density at radius 1 is 1.25 bits per heavy atom. The predicted octanol–water partition coefficient (Wildman–Crippen LogP) is 4.74. The number of rotatable bonds is 6. The number of amides is 1. The van der Waals surface area contributed by atoms with Gasteiger partial charge in [-0.15, -0.1) is 0 Å². The molecule has 3 aromatic rings. The molecule has 0 bridgehead atoms. The van der Waals surface area contributed by atoms with Gasteiger partial charge in [0.1, 0.15) is 11.3 Å². The lowest BCUT2D eigenvalue weighted by Crippen LogP contribution is -2.35. The average Bonchev–Trinajstić information content (AvgIpc) is 3.16. The first-order chi connectivity index (χ1) is 15.3. The molecule has 1 amide bonds. The van der Waals surface area contributed by atoms with E-state index in [1.54, 1.807) is 12.5 Å². The van der Waals surface area contributed by atoms with Crippen LogP contribution in [0.25, 0.3) is 11.0 Å². The average molecular weight is 442 g/mol. The van der Waals surface area contributed by atoms with E-state index in [-0.39, 0.29) is 37.5 Å². The quantitative estimate of drug-likeness (QED) is 0.600. The van der Waals surface area contributed by atoms with Crippen LogP contribution in [0.2, 0.25) is 0 Å². The molecular weight excluding hydrogens is 412 g/mol. The molecule has 1 N–H and O–H groups in total. The number of hydrogen-bond donors (Lipinski definition) is 1. The van der Waals surface area contributed by atoms with E-state index in [2.05, 4.69) is 33.2 Å². The van der Waals surface area contributed by atoms with Crippen LogP contribution in [0.1, 0.15) is 43.7 Å². The number of halogens is 2. The molecule has 1 aromatic carbocycles. The molecule has 2 heterocycles. The van der Waals surface area contributed by atoms with Gasteiger partial charge in [-0.1, -0.05) is 19.1 Å². The summed E-state index contributed by atoms with van der Waals surface area (Å²) in [4.78, 5) is 23.4. The Labute approximate surface area is 186 Å². The van der Waals surface area contributed by atoms with Crippen molar-refractivity contribution >= 4 is 28.4 Å². The van der Waals surface area contributed by atoms with Crippen LogP contribution in [-0.4, -0.2) is 33.4 Å². The van der Waals surface area contributed by atoms with Crippen LogP contribution in [0.3, 0.4) is 0 Å².